The molecule has 0 atom stereocenters. The first-order valence-corrected chi connectivity index (χ1v) is 6.04. The lowest BCUT2D eigenvalue weighted by atomic mass is 10.3. The Bertz CT molecular complexity index is 418. The summed E-state index contributed by atoms with van der Waals surface area (Å²) in [6.45, 7) is 4.35. The fraction of sp³-hybridized carbons (Fsp3) is 0.667. The number of hydrogen-bond acceptors (Lipinski definition) is 4. The largest absolute Gasteiger partial charge is 0.401 e. The standard InChI is InChI=1S/C12H19F3N4/c1-8(2)19(7-12(13,14)15)6-11-17-9(3)5-10(16-4)18-11/h5,8H,6-7H2,1-4H3,(H,16,17,18). The minimum absolute atomic E-state index is 0.0769. The van der Waals surface area contributed by atoms with Gasteiger partial charge in [-0.05, 0) is 20.8 Å². The first-order valence-electron chi connectivity index (χ1n) is 6.04. The summed E-state index contributed by atoms with van der Waals surface area (Å²) in [5, 5.41) is 2.87. The molecular formula is C12H19F3N4. The molecule has 0 spiro atoms. The minimum Gasteiger partial charge on any atom is -0.373 e. The Labute approximate surface area is 111 Å². The van der Waals surface area contributed by atoms with E-state index in [2.05, 4.69) is 15.3 Å². The third-order valence-electron chi connectivity index (χ3n) is 2.61. The predicted molar refractivity (Wildman–Crippen MR) is 67.9 cm³/mol. The second kappa shape index (κ2) is 6.18. The van der Waals surface area contributed by atoms with E-state index in [0.717, 1.165) is 5.69 Å². The third kappa shape index (κ3) is 5.42. The summed E-state index contributed by atoms with van der Waals surface area (Å²) < 4.78 is 37.5. The lowest BCUT2D eigenvalue weighted by Crippen LogP contribution is -2.39. The molecule has 0 aliphatic carbocycles. The predicted octanol–water partition coefficient (Wildman–Crippen LogP) is 2.60. The number of alkyl halides is 3. The molecule has 1 aromatic rings. The number of nitrogens with zero attached hydrogens (tertiary/aromatic N) is 3. The maximum absolute atomic E-state index is 12.5. The van der Waals surface area contributed by atoms with Gasteiger partial charge in [-0.1, -0.05) is 0 Å². The molecule has 0 saturated carbocycles. The average molecular weight is 276 g/mol. The van der Waals surface area contributed by atoms with Crippen LogP contribution in [-0.4, -0.2) is 40.7 Å². The van der Waals surface area contributed by atoms with Gasteiger partial charge in [0, 0.05) is 24.8 Å². The van der Waals surface area contributed by atoms with Crippen molar-refractivity contribution in [3.63, 3.8) is 0 Å². The van der Waals surface area contributed by atoms with Gasteiger partial charge in [-0.3, -0.25) is 4.90 Å². The van der Waals surface area contributed by atoms with Crippen LogP contribution in [0.2, 0.25) is 0 Å². The zero-order valence-electron chi connectivity index (χ0n) is 11.5. The van der Waals surface area contributed by atoms with E-state index >= 15 is 0 Å². The van der Waals surface area contributed by atoms with E-state index in [4.69, 9.17) is 0 Å². The molecule has 0 saturated heterocycles. The van der Waals surface area contributed by atoms with E-state index in [0.29, 0.717) is 11.6 Å². The van der Waals surface area contributed by atoms with Gasteiger partial charge in [-0.2, -0.15) is 13.2 Å². The van der Waals surface area contributed by atoms with Crippen molar-refractivity contribution >= 4 is 5.82 Å². The SMILES string of the molecule is CNc1cc(C)nc(CN(CC(F)(F)F)C(C)C)n1. The summed E-state index contributed by atoms with van der Waals surface area (Å²) in [5.74, 6) is 1.00. The van der Waals surface area contributed by atoms with Crippen LogP contribution in [0.5, 0.6) is 0 Å². The van der Waals surface area contributed by atoms with E-state index in [1.165, 1.54) is 4.90 Å². The molecule has 4 nitrogen and oxygen atoms in total. The van der Waals surface area contributed by atoms with Crippen molar-refractivity contribution in [2.75, 3.05) is 18.9 Å². The maximum Gasteiger partial charge on any atom is 0.401 e. The molecular weight excluding hydrogens is 257 g/mol. The zero-order chi connectivity index (χ0) is 14.6. The van der Waals surface area contributed by atoms with Crippen LogP contribution in [0.3, 0.4) is 0 Å². The number of hydrogen-bond donors (Lipinski definition) is 1. The highest BCUT2D eigenvalue weighted by Crippen LogP contribution is 2.19. The highest BCUT2D eigenvalue weighted by atomic mass is 19.4. The molecule has 0 aliphatic rings. The normalized spacial score (nSPS) is 12.3. The van der Waals surface area contributed by atoms with Crippen molar-refractivity contribution in [3.8, 4) is 0 Å². The Morgan fingerprint density at radius 2 is 1.95 bits per heavy atom. The molecule has 108 valence electrons. The van der Waals surface area contributed by atoms with Gasteiger partial charge in [0.15, 0.2) is 0 Å². The van der Waals surface area contributed by atoms with Crippen molar-refractivity contribution in [1.29, 1.82) is 0 Å². The summed E-state index contributed by atoms with van der Waals surface area (Å²) in [6.07, 6.45) is -4.22. The summed E-state index contributed by atoms with van der Waals surface area (Å²) in [4.78, 5) is 9.65. The monoisotopic (exact) mass is 276 g/mol. The smallest absolute Gasteiger partial charge is 0.373 e. The molecule has 7 heteroatoms. The van der Waals surface area contributed by atoms with Crippen LogP contribution in [0.25, 0.3) is 0 Å². The van der Waals surface area contributed by atoms with Crippen molar-refractivity contribution in [3.05, 3.63) is 17.6 Å². The number of aryl methyl sites for hydroxylation is 1. The summed E-state index contributed by atoms with van der Waals surface area (Å²) in [7, 11) is 1.71. The van der Waals surface area contributed by atoms with Crippen molar-refractivity contribution in [2.24, 2.45) is 0 Å². The number of nitrogens with one attached hydrogen (secondary N) is 1. The number of aromatic nitrogens is 2. The van der Waals surface area contributed by atoms with E-state index in [9.17, 15) is 13.2 Å². The lowest BCUT2D eigenvalue weighted by Gasteiger charge is -2.26. The molecule has 0 aromatic carbocycles. The molecule has 19 heavy (non-hydrogen) atoms. The van der Waals surface area contributed by atoms with Crippen LogP contribution < -0.4 is 5.32 Å². The Morgan fingerprint density at radius 3 is 2.42 bits per heavy atom. The molecule has 1 aromatic heterocycles. The minimum atomic E-state index is -4.22. The highest BCUT2D eigenvalue weighted by molar-refractivity contribution is 5.34. The fourth-order valence-electron chi connectivity index (χ4n) is 1.66. The van der Waals surface area contributed by atoms with Gasteiger partial charge in [-0.15, -0.1) is 0 Å². The van der Waals surface area contributed by atoms with Gasteiger partial charge in [0.2, 0.25) is 0 Å². The van der Waals surface area contributed by atoms with Crippen LogP contribution in [-0.2, 0) is 6.54 Å². The Balaban J connectivity index is 2.87. The van der Waals surface area contributed by atoms with Gasteiger partial charge < -0.3 is 5.32 Å². The third-order valence-corrected chi connectivity index (χ3v) is 2.61. The summed E-state index contributed by atoms with van der Waals surface area (Å²) in [5.41, 5.74) is 0.727. The van der Waals surface area contributed by atoms with Crippen LogP contribution >= 0.6 is 0 Å². The second-order valence-electron chi connectivity index (χ2n) is 4.67. The van der Waals surface area contributed by atoms with Gasteiger partial charge in [0.25, 0.3) is 0 Å². The molecule has 0 aliphatic heterocycles. The van der Waals surface area contributed by atoms with Crippen molar-refractivity contribution in [1.82, 2.24) is 14.9 Å². The van der Waals surface area contributed by atoms with E-state index in [-0.39, 0.29) is 12.6 Å². The molecule has 0 bridgehead atoms. The second-order valence-corrected chi connectivity index (χ2v) is 4.67. The van der Waals surface area contributed by atoms with E-state index < -0.39 is 12.7 Å². The fourth-order valence-corrected chi connectivity index (χ4v) is 1.66. The number of rotatable bonds is 5. The van der Waals surface area contributed by atoms with E-state index in [1.807, 2.05) is 0 Å². The van der Waals surface area contributed by atoms with Crippen molar-refractivity contribution in [2.45, 2.75) is 39.5 Å². The molecule has 1 N–H and O–H groups in total. The first kappa shape index (κ1) is 15.7. The van der Waals surface area contributed by atoms with Crippen LogP contribution in [0, 0.1) is 6.92 Å². The van der Waals surface area contributed by atoms with Crippen LogP contribution in [0.1, 0.15) is 25.4 Å². The zero-order valence-corrected chi connectivity index (χ0v) is 11.5. The van der Waals surface area contributed by atoms with Gasteiger partial charge in [-0.25, -0.2) is 9.97 Å². The van der Waals surface area contributed by atoms with Crippen LogP contribution in [0.4, 0.5) is 19.0 Å². The molecule has 0 fully saturated rings. The molecule has 0 amide bonds. The van der Waals surface area contributed by atoms with Gasteiger partial charge in [0.1, 0.15) is 11.6 Å². The molecule has 0 unspecified atom stereocenters. The number of anilines is 1. The quantitative estimate of drug-likeness (QED) is 0.897. The Kier molecular flexibility index (Phi) is 5.11. The Morgan fingerprint density at radius 1 is 1.32 bits per heavy atom. The summed E-state index contributed by atoms with van der Waals surface area (Å²) >= 11 is 0. The maximum atomic E-state index is 12.5. The average Bonchev–Trinajstić information content (AvgIpc) is 2.25. The lowest BCUT2D eigenvalue weighted by molar-refractivity contribution is -0.151. The van der Waals surface area contributed by atoms with E-state index in [1.54, 1.807) is 33.9 Å². The summed E-state index contributed by atoms with van der Waals surface area (Å²) in [6, 6.07) is 1.51. The van der Waals surface area contributed by atoms with Gasteiger partial charge in [0.05, 0.1) is 13.1 Å². The molecule has 1 rings (SSSR count). The highest BCUT2D eigenvalue weighted by Gasteiger charge is 2.32. The van der Waals surface area contributed by atoms with Crippen LogP contribution in [0.15, 0.2) is 6.07 Å². The first-order chi connectivity index (χ1) is 8.71. The Hall–Kier alpha value is -1.37. The van der Waals surface area contributed by atoms with Gasteiger partial charge >= 0.3 is 6.18 Å². The molecule has 1 heterocycles. The topological polar surface area (TPSA) is 41.1 Å². The number of halogens is 3. The van der Waals surface area contributed by atoms with Crippen molar-refractivity contribution < 1.29 is 13.2 Å². The molecule has 0 radical (unpaired) electrons.